The summed E-state index contributed by atoms with van der Waals surface area (Å²) in [6.07, 6.45) is 56.5. The van der Waals surface area contributed by atoms with Crippen molar-refractivity contribution in [2.45, 2.75) is 320 Å². The lowest BCUT2D eigenvalue weighted by Crippen LogP contribution is -2.60. The molecule has 1 aliphatic rings. The molecule has 1 aliphatic heterocycles. The van der Waals surface area contributed by atoms with Gasteiger partial charge in [0.05, 0.1) is 25.4 Å². The third kappa shape index (κ3) is 38.1. The van der Waals surface area contributed by atoms with Crippen LogP contribution in [-0.2, 0) is 14.3 Å². The van der Waals surface area contributed by atoms with Gasteiger partial charge < -0.3 is 40.3 Å². The molecule has 0 aromatic rings. The molecule has 0 spiro atoms. The number of allylic oxidation sites excluding steroid dienone is 5. The Morgan fingerprint density at radius 1 is 0.485 bits per heavy atom. The molecule has 1 amide bonds. The molecule has 9 nitrogen and oxygen atoms in total. The van der Waals surface area contributed by atoms with Crippen LogP contribution in [-0.4, -0.2) is 87.5 Å². The molecule has 6 N–H and O–H groups in total. The Kier molecular flexibility index (Phi) is 46.4. The number of aliphatic hydroxyl groups excluding tert-OH is 5. The van der Waals surface area contributed by atoms with Crippen LogP contribution >= 0.6 is 0 Å². The van der Waals surface area contributed by atoms with Gasteiger partial charge >= 0.3 is 0 Å². The van der Waals surface area contributed by atoms with Gasteiger partial charge in [0.2, 0.25) is 5.91 Å². The highest BCUT2D eigenvalue weighted by Gasteiger charge is 2.44. The zero-order valence-corrected chi connectivity index (χ0v) is 44.4. The highest BCUT2D eigenvalue weighted by atomic mass is 16.7. The summed E-state index contributed by atoms with van der Waals surface area (Å²) in [5.41, 5.74) is 0. The minimum absolute atomic E-state index is 0.187. The van der Waals surface area contributed by atoms with Gasteiger partial charge in [0.1, 0.15) is 24.4 Å². The molecule has 1 saturated heterocycles. The summed E-state index contributed by atoms with van der Waals surface area (Å²) in [6, 6.07) is -0.826. The number of aliphatic hydroxyl groups is 5. The Hall–Kier alpha value is -1.59. The summed E-state index contributed by atoms with van der Waals surface area (Å²) in [5, 5.41) is 54.5. The van der Waals surface area contributed by atoms with E-state index < -0.39 is 49.5 Å². The summed E-state index contributed by atoms with van der Waals surface area (Å²) in [5.74, 6) is -0.187. The van der Waals surface area contributed by atoms with Crippen LogP contribution in [0.15, 0.2) is 36.5 Å². The van der Waals surface area contributed by atoms with Crippen LogP contribution in [0.5, 0.6) is 0 Å². The summed E-state index contributed by atoms with van der Waals surface area (Å²) < 4.78 is 11.3. The third-order valence-corrected chi connectivity index (χ3v) is 13.9. The summed E-state index contributed by atoms with van der Waals surface area (Å²) in [6.45, 7) is 3.79. The first-order valence-electron chi connectivity index (χ1n) is 29.2. The molecule has 9 heteroatoms. The molecule has 1 fully saturated rings. The molecular weight excluding hydrogens is 851 g/mol. The lowest BCUT2D eigenvalue weighted by Gasteiger charge is -2.40. The molecule has 1 rings (SSSR count). The van der Waals surface area contributed by atoms with Crippen LogP contribution in [0.4, 0.5) is 0 Å². The van der Waals surface area contributed by atoms with Crippen molar-refractivity contribution in [3.05, 3.63) is 36.5 Å². The van der Waals surface area contributed by atoms with Crippen LogP contribution in [0.3, 0.4) is 0 Å². The van der Waals surface area contributed by atoms with Crippen LogP contribution < -0.4 is 5.32 Å². The second-order valence-electron chi connectivity index (χ2n) is 20.4. The Bertz CT molecular complexity index is 1160. The summed E-state index contributed by atoms with van der Waals surface area (Å²) >= 11 is 0. The van der Waals surface area contributed by atoms with Crippen LogP contribution in [0.1, 0.15) is 277 Å². The number of amides is 1. The van der Waals surface area contributed by atoms with Crippen molar-refractivity contribution in [2.75, 3.05) is 13.2 Å². The zero-order valence-electron chi connectivity index (χ0n) is 44.4. The van der Waals surface area contributed by atoms with Gasteiger partial charge in [0.15, 0.2) is 6.29 Å². The average Bonchev–Trinajstić information content (AvgIpc) is 3.34. The first-order valence-corrected chi connectivity index (χ1v) is 29.2. The van der Waals surface area contributed by atoms with E-state index in [1.807, 2.05) is 6.08 Å². The predicted molar refractivity (Wildman–Crippen MR) is 286 cm³/mol. The van der Waals surface area contributed by atoms with Crippen molar-refractivity contribution in [3.8, 4) is 0 Å². The van der Waals surface area contributed by atoms with E-state index >= 15 is 0 Å². The monoisotopic (exact) mass is 962 g/mol. The minimum Gasteiger partial charge on any atom is -0.394 e. The van der Waals surface area contributed by atoms with E-state index in [2.05, 4.69) is 43.5 Å². The van der Waals surface area contributed by atoms with Gasteiger partial charge in [-0.1, -0.05) is 262 Å². The van der Waals surface area contributed by atoms with E-state index in [1.54, 1.807) is 6.08 Å². The van der Waals surface area contributed by atoms with E-state index in [-0.39, 0.29) is 12.5 Å². The topological polar surface area (TPSA) is 149 Å². The van der Waals surface area contributed by atoms with E-state index in [1.165, 1.54) is 212 Å². The molecule has 0 radical (unpaired) electrons. The molecule has 0 aliphatic carbocycles. The maximum atomic E-state index is 13.0. The van der Waals surface area contributed by atoms with Crippen LogP contribution in [0.2, 0.25) is 0 Å². The standard InChI is InChI=1S/C59H111NO8/c1-3-5-7-9-11-13-15-17-19-21-22-23-24-25-26-27-28-29-30-31-33-34-36-38-40-42-44-46-48-53(62)52(51-67-59-58(66)57(65)56(64)54(50-61)68-59)60-55(63)49-47-45-43-41-39-37-35-32-20-18-16-14-12-10-8-6-4-2/h31,33,38,40,46,48,52-54,56-59,61-62,64-66H,3-30,32,34-37,39,41-45,47,49-51H2,1-2H3,(H,60,63)/b33-31+,40-38+,48-46+. The molecule has 0 aromatic carbocycles. The number of unbranched alkanes of at least 4 members (excludes halogenated alkanes) is 36. The van der Waals surface area contributed by atoms with Crippen molar-refractivity contribution in [2.24, 2.45) is 0 Å². The minimum atomic E-state index is -1.57. The summed E-state index contributed by atoms with van der Waals surface area (Å²) in [7, 11) is 0. The normalized spacial score (nSPS) is 19.8. The van der Waals surface area contributed by atoms with Crippen molar-refractivity contribution in [1.82, 2.24) is 5.32 Å². The Labute approximate surface area is 419 Å². The Morgan fingerprint density at radius 3 is 1.24 bits per heavy atom. The maximum absolute atomic E-state index is 13.0. The van der Waals surface area contributed by atoms with Gasteiger partial charge in [0, 0.05) is 6.42 Å². The fourth-order valence-corrected chi connectivity index (χ4v) is 9.31. The second-order valence-corrected chi connectivity index (χ2v) is 20.4. The lowest BCUT2D eigenvalue weighted by molar-refractivity contribution is -0.302. The number of carbonyl (C=O) groups is 1. The zero-order chi connectivity index (χ0) is 49.4. The van der Waals surface area contributed by atoms with Crippen molar-refractivity contribution in [1.29, 1.82) is 0 Å². The van der Waals surface area contributed by atoms with E-state index in [9.17, 15) is 30.3 Å². The van der Waals surface area contributed by atoms with Gasteiger partial charge in [-0.05, 0) is 44.9 Å². The number of ether oxygens (including phenoxy) is 2. The Morgan fingerprint density at radius 2 is 0.838 bits per heavy atom. The lowest BCUT2D eigenvalue weighted by atomic mass is 9.99. The first kappa shape index (κ1) is 64.4. The van der Waals surface area contributed by atoms with Gasteiger partial charge in [-0.3, -0.25) is 4.79 Å². The fourth-order valence-electron chi connectivity index (χ4n) is 9.31. The van der Waals surface area contributed by atoms with E-state index in [0.29, 0.717) is 6.42 Å². The highest BCUT2D eigenvalue weighted by Crippen LogP contribution is 2.23. The molecule has 0 aromatic heterocycles. The molecule has 68 heavy (non-hydrogen) atoms. The average molecular weight is 963 g/mol. The molecule has 0 saturated carbocycles. The van der Waals surface area contributed by atoms with E-state index in [0.717, 1.165) is 44.9 Å². The fraction of sp³-hybridized carbons (Fsp3) is 0.881. The number of carbonyl (C=O) groups excluding carboxylic acids is 1. The van der Waals surface area contributed by atoms with Gasteiger partial charge in [-0.25, -0.2) is 0 Å². The van der Waals surface area contributed by atoms with Crippen LogP contribution in [0.25, 0.3) is 0 Å². The van der Waals surface area contributed by atoms with Crippen LogP contribution in [0, 0.1) is 0 Å². The molecule has 400 valence electrons. The van der Waals surface area contributed by atoms with Gasteiger partial charge in [-0.15, -0.1) is 0 Å². The first-order chi connectivity index (χ1) is 33.3. The number of hydrogen-bond acceptors (Lipinski definition) is 8. The van der Waals surface area contributed by atoms with Crippen molar-refractivity contribution >= 4 is 5.91 Å². The predicted octanol–water partition coefficient (Wildman–Crippen LogP) is 14.4. The van der Waals surface area contributed by atoms with Gasteiger partial charge in [0.25, 0.3) is 0 Å². The molecule has 7 atom stereocenters. The Balaban J connectivity index is 2.24. The highest BCUT2D eigenvalue weighted by molar-refractivity contribution is 5.76. The molecular formula is C59H111NO8. The number of nitrogens with one attached hydrogen (secondary N) is 1. The molecule has 0 bridgehead atoms. The van der Waals surface area contributed by atoms with E-state index in [4.69, 9.17) is 9.47 Å². The number of hydrogen-bond donors (Lipinski definition) is 6. The van der Waals surface area contributed by atoms with Gasteiger partial charge in [-0.2, -0.15) is 0 Å². The summed E-state index contributed by atoms with van der Waals surface area (Å²) in [4.78, 5) is 13.0. The van der Waals surface area contributed by atoms with Crippen molar-refractivity contribution < 1.29 is 39.8 Å². The maximum Gasteiger partial charge on any atom is 0.220 e. The molecule has 1 heterocycles. The largest absolute Gasteiger partial charge is 0.394 e. The quantitative estimate of drug-likeness (QED) is 0.0261. The number of rotatable bonds is 50. The third-order valence-electron chi connectivity index (χ3n) is 13.9. The SMILES string of the molecule is CCCCCCCCCCCCCCCCCCCC/C=C/CC/C=C/CC/C=C/C(O)C(COC1OC(CO)C(O)C(O)C1O)NC(=O)CCCCCCCCCCCCCCCCCCC. The molecule has 7 unspecified atom stereocenters. The smallest absolute Gasteiger partial charge is 0.220 e. The second kappa shape index (κ2) is 49.0. The van der Waals surface area contributed by atoms with Crippen molar-refractivity contribution in [3.63, 3.8) is 0 Å².